The zero-order chi connectivity index (χ0) is 18.4. The molecule has 1 heterocycles. The quantitative estimate of drug-likeness (QED) is 0.443. The van der Waals surface area contributed by atoms with Gasteiger partial charge in [0.15, 0.2) is 5.57 Å². The molecular formula is C18H11N8+. The van der Waals surface area contributed by atoms with E-state index in [-0.39, 0.29) is 17.2 Å². The van der Waals surface area contributed by atoms with Crippen molar-refractivity contribution in [2.75, 3.05) is 0 Å². The number of nitriles is 2. The molecular weight excluding hydrogens is 328 g/mol. The summed E-state index contributed by atoms with van der Waals surface area (Å²) in [6.07, 6.45) is 0. The van der Waals surface area contributed by atoms with E-state index in [1.807, 2.05) is 66.5 Å². The summed E-state index contributed by atoms with van der Waals surface area (Å²) in [5.74, 6) is 2.01. The van der Waals surface area contributed by atoms with Crippen LogP contribution in [0.5, 0.6) is 0 Å². The third kappa shape index (κ3) is 3.26. The second-order valence-corrected chi connectivity index (χ2v) is 4.95. The molecule has 0 saturated carbocycles. The number of nitrogens with one attached hydrogen (secondary N) is 1. The Balaban J connectivity index is 2.21. The van der Waals surface area contributed by atoms with Crippen molar-refractivity contribution in [3.63, 3.8) is 0 Å². The lowest BCUT2D eigenvalue weighted by atomic mass is 10.2. The Labute approximate surface area is 148 Å². The molecule has 3 rings (SSSR count). The first-order chi connectivity index (χ1) is 12.8. The Morgan fingerprint density at radius 3 is 2.23 bits per heavy atom. The molecule has 0 bridgehead atoms. The predicted molar refractivity (Wildman–Crippen MR) is 92.5 cm³/mol. The molecule has 1 N–H and O–H groups in total. The standard InChI is InChI=1S/C18H11N8/c19-11-14(12-20)17(13-21)22-18-23-26(16-9-5-2-6-10-16)24-25(18)15-7-3-1-4-8-15/h1-10,19H/q+1/b22-17+. The molecule has 0 amide bonds. The van der Waals surface area contributed by atoms with Crippen LogP contribution in [0, 0.1) is 28.1 Å². The smallest absolute Gasteiger partial charge is 0.257 e. The molecule has 8 nitrogen and oxygen atoms in total. The fourth-order valence-electron chi connectivity index (χ4n) is 2.13. The Hall–Kier alpha value is -4.39. The predicted octanol–water partition coefficient (Wildman–Crippen LogP) is 1.84. The minimum Gasteiger partial charge on any atom is -0.257 e. The van der Waals surface area contributed by atoms with Gasteiger partial charge in [-0.05, 0) is 29.1 Å². The zero-order valence-corrected chi connectivity index (χ0v) is 13.4. The summed E-state index contributed by atoms with van der Waals surface area (Å²) in [4.78, 5) is 5.50. The number of hydrogen-bond acceptors (Lipinski definition) is 6. The first kappa shape index (κ1) is 16.5. The van der Waals surface area contributed by atoms with Crippen LogP contribution in [-0.2, 0) is 0 Å². The lowest BCUT2D eigenvalue weighted by molar-refractivity contribution is -0.648. The van der Waals surface area contributed by atoms with Crippen LogP contribution in [0.15, 0.2) is 71.2 Å². The van der Waals surface area contributed by atoms with Gasteiger partial charge in [-0.2, -0.15) is 10.5 Å². The second-order valence-electron chi connectivity index (χ2n) is 4.95. The van der Waals surface area contributed by atoms with E-state index in [0.717, 1.165) is 0 Å². The van der Waals surface area contributed by atoms with Crippen LogP contribution in [0.3, 0.4) is 0 Å². The number of rotatable bonds is 4. The van der Waals surface area contributed by atoms with E-state index in [2.05, 4.69) is 15.3 Å². The summed E-state index contributed by atoms with van der Waals surface area (Å²) in [5, 5.41) is 34.1. The summed E-state index contributed by atoms with van der Waals surface area (Å²) >= 11 is 0. The van der Waals surface area contributed by atoms with Crippen molar-refractivity contribution in [1.82, 2.24) is 15.1 Å². The minimum atomic E-state index is -0.277. The highest BCUT2D eigenvalue weighted by atomic mass is 15.6. The molecule has 8 heteroatoms. The molecule has 0 atom stereocenters. The average molecular weight is 339 g/mol. The fraction of sp³-hybridized carbons (Fsp3) is 0. The number of aromatic nitrogens is 4. The van der Waals surface area contributed by atoms with Gasteiger partial charge in [-0.3, -0.25) is 5.41 Å². The van der Waals surface area contributed by atoms with Crippen LogP contribution < -0.4 is 4.68 Å². The van der Waals surface area contributed by atoms with E-state index >= 15 is 0 Å². The molecule has 3 aromatic rings. The van der Waals surface area contributed by atoms with Gasteiger partial charge in [-0.15, -0.1) is 0 Å². The number of para-hydroxylation sites is 2. The SMILES string of the molecule is N#CC(=C=N)/C(C#N)=N/c1nn(-c2ccccc2)n[n+]1-c1ccccc1. The number of tetrazole rings is 1. The Bertz CT molecular complexity index is 1090. The van der Waals surface area contributed by atoms with Crippen LogP contribution in [0.2, 0.25) is 0 Å². The lowest BCUT2D eigenvalue weighted by Gasteiger charge is -1.94. The Kier molecular flexibility index (Phi) is 4.72. The second kappa shape index (κ2) is 7.45. The van der Waals surface area contributed by atoms with E-state index < -0.39 is 0 Å². The van der Waals surface area contributed by atoms with Crippen molar-refractivity contribution >= 4 is 17.5 Å². The first-order valence-electron chi connectivity index (χ1n) is 7.46. The van der Waals surface area contributed by atoms with E-state index in [0.29, 0.717) is 11.4 Å². The van der Waals surface area contributed by atoms with Gasteiger partial charge in [-0.25, -0.2) is 0 Å². The van der Waals surface area contributed by atoms with Crippen LogP contribution in [-0.4, -0.2) is 26.7 Å². The highest BCUT2D eigenvalue weighted by Crippen LogP contribution is 2.10. The summed E-state index contributed by atoms with van der Waals surface area (Å²) in [5.41, 5.74) is 0.858. The Morgan fingerprint density at radius 1 is 1.00 bits per heavy atom. The first-order valence-corrected chi connectivity index (χ1v) is 7.46. The van der Waals surface area contributed by atoms with Crippen molar-refractivity contribution in [2.45, 2.75) is 0 Å². The topological polar surface area (TPSA) is 118 Å². The maximum Gasteiger partial charge on any atom is 0.441 e. The van der Waals surface area contributed by atoms with Crippen molar-refractivity contribution in [3.8, 4) is 23.5 Å². The maximum absolute atomic E-state index is 9.26. The number of hydrogen-bond donors (Lipinski definition) is 1. The van der Waals surface area contributed by atoms with E-state index in [1.165, 1.54) is 9.48 Å². The summed E-state index contributed by atoms with van der Waals surface area (Å²) in [7, 11) is 0. The minimum absolute atomic E-state index is 0.0969. The number of benzene rings is 2. The van der Waals surface area contributed by atoms with Gasteiger partial charge in [-0.1, -0.05) is 46.1 Å². The average Bonchev–Trinajstić information content (AvgIpc) is 3.13. The molecule has 2 aromatic carbocycles. The van der Waals surface area contributed by atoms with Gasteiger partial charge in [0.05, 0.1) is 5.10 Å². The molecule has 0 spiro atoms. The van der Waals surface area contributed by atoms with Gasteiger partial charge < -0.3 is 0 Å². The van der Waals surface area contributed by atoms with E-state index in [4.69, 9.17) is 10.7 Å². The van der Waals surface area contributed by atoms with Gasteiger partial charge in [0.1, 0.15) is 23.5 Å². The largest absolute Gasteiger partial charge is 0.441 e. The molecule has 0 fully saturated rings. The van der Waals surface area contributed by atoms with E-state index in [1.54, 1.807) is 12.1 Å². The summed E-state index contributed by atoms with van der Waals surface area (Å²) in [6, 6.07) is 21.9. The van der Waals surface area contributed by atoms with Gasteiger partial charge in [0, 0.05) is 11.1 Å². The monoisotopic (exact) mass is 339 g/mol. The van der Waals surface area contributed by atoms with Crippen LogP contribution >= 0.6 is 0 Å². The van der Waals surface area contributed by atoms with Crippen LogP contribution in [0.4, 0.5) is 5.95 Å². The summed E-state index contributed by atoms with van der Waals surface area (Å²) in [6.45, 7) is 0. The molecule has 26 heavy (non-hydrogen) atoms. The highest BCUT2D eigenvalue weighted by Gasteiger charge is 2.23. The number of nitrogens with zero attached hydrogens (tertiary/aromatic N) is 7. The summed E-state index contributed by atoms with van der Waals surface area (Å²) < 4.78 is 1.45. The highest BCUT2D eigenvalue weighted by molar-refractivity contribution is 6.19. The van der Waals surface area contributed by atoms with Crippen molar-refractivity contribution in [3.05, 3.63) is 66.2 Å². The maximum atomic E-state index is 9.26. The van der Waals surface area contributed by atoms with Gasteiger partial charge in [0.2, 0.25) is 5.71 Å². The molecule has 0 aliphatic carbocycles. The van der Waals surface area contributed by atoms with Crippen molar-refractivity contribution in [2.24, 2.45) is 4.99 Å². The molecule has 0 saturated heterocycles. The molecule has 0 radical (unpaired) electrons. The molecule has 0 unspecified atom stereocenters. The zero-order valence-electron chi connectivity index (χ0n) is 13.4. The normalized spacial score (nSPS) is 10.5. The molecule has 0 aliphatic heterocycles. The van der Waals surface area contributed by atoms with Crippen LogP contribution in [0.25, 0.3) is 11.4 Å². The molecule has 1 aromatic heterocycles. The Morgan fingerprint density at radius 2 is 1.65 bits per heavy atom. The number of aliphatic imine (C=N–C) groups is 1. The van der Waals surface area contributed by atoms with Gasteiger partial charge in [0.25, 0.3) is 0 Å². The third-order valence-electron chi connectivity index (χ3n) is 3.33. The van der Waals surface area contributed by atoms with Crippen molar-refractivity contribution in [1.29, 1.82) is 15.9 Å². The molecule has 0 aliphatic rings. The van der Waals surface area contributed by atoms with E-state index in [9.17, 15) is 5.26 Å². The fourth-order valence-corrected chi connectivity index (χ4v) is 2.13. The van der Waals surface area contributed by atoms with Gasteiger partial charge >= 0.3 is 5.95 Å². The molecule has 122 valence electrons. The lowest BCUT2D eigenvalue weighted by Crippen LogP contribution is -2.34. The number of allylic oxidation sites excluding steroid dienone is 1. The van der Waals surface area contributed by atoms with Crippen LogP contribution in [0.1, 0.15) is 0 Å². The van der Waals surface area contributed by atoms with Crippen molar-refractivity contribution < 1.29 is 4.68 Å². The third-order valence-corrected chi connectivity index (χ3v) is 3.33.